The summed E-state index contributed by atoms with van der Waals surface area (Å²) < 4.78 is 1.80. The molecule has 0 radical (unpaired) electrons. The van der Waals surface area contributed by atoms with E-state index < -0.39 is 0 Å². The minimum Gasteiger partial charge on any atom is -0.320 e. The van der Waals surface area contributed by atoms with Crippen molar-refractivity contribution >= 4 is 23.2 Å². The van der Waals surface area contributed by atoms with Gasteiger partial charge in [0.15, 0.2) is 0 Å². The molecule has 3 nitrogen and oxygen atoms in total. The summed E-state index contributed by atoms with van der Waals surface area (Å²) in [4.78, 5) is 0. The summed E-state index contributed by atoms with van der Waals surface area (Å²) in [6, 6.07) is 15.0. The average Bonchev–Trinajstić information content (AvgIpc) is 3.00. The quantitative estimate of drug-likeness (QED) is 0.785. The van der Waals surface area contributed by atoms with Crippen molar-refractivity contribution in [3.8, 4) is 5.69 Å². The van der Waals surface area contributed by atoms with Crippen LogP contribution < -0.4 is 5.73 Å². The number of nitrogens with zero attached hydrogens (tertiary/aromatic N) is 2. The second kappa shape index (κ2) is 5.90. The van der Waals surface area contributed by atoms with Crippen LogP contribution in [0.25, 0.3) is 5.69 Å². The topological polar surface area (TPSA) is 43.8 Å². The molecule has 0 fully saturated rings. The van der Waals surface area contributed by atoms with Crippen molar-refractivity contribution in [3.05, 3.63) is 82.1 Å². The molecule has 0 aliphatic heterocycles. The molecule has 5 heteroatoms. The molecule has 21 heavy (non-hydrogen) atoms. The Labute approximate surface area is 132 Å². The lowest BCUT2D eigenvalue weighted by atomic mass is 10.0. The van der Waals surface area contributed by atoms with Crippen LogP contribution in [0.4, 0.5) is 0 Å². The Hall–Kier alpha value is -1.81. The van der Waals surface area contributed by atoms with Crippen LogP contribution in [0.5, 0.6) is 0 Å². The molecule has 0 saturated carbocycles. The zero-order valence-electron chi connectivity index (χ0n) is 11.1. The normalized spacial score (nSPS) is 12.3. The lowest BCUT2D eigenvalue weighted by molar-refractivity contribution is 0.862. The molecule has 0 aliphatic rings. The molecule has 1 atom stereocenters. The number of hydrogen-bond donors (Lipinski definition) is 1. The van der Waals surface area contributed by atoms with E-state index in [0.717, 1.165) is 16.8 Å². The molecular weight excluding hydrogens is 305 g/mol. The van der Waals surface area contributed by atoms with E-state index >= 15 is 0 Å². The van der Waals surface area contributed by atoms with Gasteiger partial charge in [-0.2, -0.15) is 5.10 Å². The summed E-state index contributed by atoms with van der Waals surface area (Å²) in [6.07, 6.45) is 3.68. The van der Waals surface area contributed by atoms with Gasteiger partial charge in [-0.15, -0.1) is 0 Å². The zero-order valence-corrected chi connectivity index (χ0v) is 12.6. The SMILES string of the molecule is NC(c1ccc(Cl)c(Cl)c1)c1cnn(-c2ccccc2)c1. The van der Waals surface area contributed by atoms with Crippen molar-refractivity contribution in [2.45, 2.75) is 6.04 Å². The molecule has 1 unspecified atom stereocenters. The van der Waals surface area contributed by atoms with Crippen molar-refractivity contribution in [3.63, 3.8) is 0 Å². The Balaban J connectivity index is 1.90. The third-order valence-electron chi connectivity index (χ3n) is 3.29. The molecule has 0 spiro atoms. The van der Waals surface area contributed by atoms with Gasteiger partial charge in [-0.05, 0) is 29.8 Å². The van der Waals surface area contributed by atoms with E-state index in [2.05, 4.69) is 5.10 Å². The first-order valence-electron chi connectivity index (χ1n) is 6.45. The summed E-state index contributed by atoms with van der Waals surface area (Å²) in [5.41, 5.74) is 9.08. The van der Waals surface area contributed by atoms with E-state index in [9.17, 15) is 0 Å². The van der Waals surface area contributed by atoms with Gasteiger partial charge in [-0.3, -0.25) is 0 Å². The number of para-hydroxylation sites is 1. The van der Waals surface area contributed by atoms with Gasteiger partial charge < -0.3 is 5.73 Å². The molecule has 0 aliphatic carbocycles. The molecule has 1 aromatic heterocycles. The Bertz CT molecular complexity index is 753. The molecule has 0 bridgehead atoms. The maximum atomic E-state index is 6.27. The Kier molecular flexibility index (Phi) is 3.97. The molecule has 2 N–H and O–H groups in total. The minimum absolute atomic E-state index is 0.294. The van der Waals surface area contributed by atoms with Crippen molar-refractivity contribution in [1.82, 2.24) is 9.78 Å². The van der Waals surface area contributed by atoms with Crippen LogP contribution in [0.15, 0.2) is 60.9 Å². The maximum absolute atomic E-state index is 6.27. The van der Waals surface area contributed by atoms with E-state index in [1.54, 1.807) is 23.0 Å². The van der Waals surface area contributed by atoms with Gasteiger partial charge >= 0.3 is 0 Å². The molecule has 1 heterocycles. The van der Waals surface area contributed by atoms with Crippen LogP contribution in [0.2, 0.25) is 10.0 Å². The van der Waals surface area contributed by atoms with Gasteiger partial charge in [-0.1, -0.05) is 47.5 Å². The van der Waals surface area contributed by atoms with E-state index in [-0.39, 0.29) is 6.04 Å². The molecule has 2 aromatic carbocycles. The zero-order chi connectivity index (χ0) is 14.8. The standard InChI is InChI=1S/C16H13Cl2N3/c17-14-7-6-11(8-15(14)18)16(19)12-9-20-21(10-12)13-4-2-1-3-5-13/h1-10,16H,19H2. The molecular formula is C16H13Cl2N3. The van der Waals surface area contributed by atoms with E-state index in [1.807, 2.05) is 42.6 Å². The summed E-state index contributed by atoms with van der Waals surface area (Å²) in [5, 5.41) is 5.37. The van der Waals surface area contributed by atoms with Gasteiger partial charge in [0.1, 0.15) is 0 Å². The Morgan fingerprint density at radius 2 is 1.71 bits per heavy atom. The number of benzene rings is 2. The molecule has 3 aromatic rings. The van der Waals surface area contributed by atoms with E-state index in [4.69, 9.17) is 28.9 Å². The van der Waals surface area contributed by atoms with Crippen LogP contribution in [-0.4, -0.2) is 9.78 Å². The molecule has 0 saturated heterocycles. The van der Waals surface area contributed by atoms with Crippen molar-refractivity contribution in [2.24, 2.45) is 5.73 Å². The minimum atomic E-state index is -0.294. The van der Waals surface area contributed by atoms with Crippen molar-refractivity contribution in [2.75, 3.05) is 0 Å². The summed E-state index contributed by atoms with van der Waals surface area (Å²) in [5.74, 6) is 0. The predicted octanol–water partition coefficient (Wildman–Crippen LogP) is 4.23. The fraction of sp³-hybridized carbons (Fsp3) is 0.0625. The van der Waals surface area contributed by atoms with Crippen LogP contribution in [0.3, 0.4) is 0 Å². The van der Waals surface area contributed by atoms with Gasteiger partial charge in [0.05, 0.1) is 28.0 Å². The molecule has 3 rings (SSSR count). The van der Waals surface area contributed by atoms with Crippen molar-refractivity contribution < 1.29 is 0 Å². The lowest BCUT2D eigenvalue weighted by Crippen LogP contribution is -2.11. The smallest absolute Gasteiger partial charge is 0.0645 e. The van der Waals surface area contributed by atoms with Crippen LogP contribution in [0.1, 0.15) is 17.2 Å². The molecule has 106 valence electrons. The maximum Gasteiger partial charge on any atom is 0.0645 e. The van der Waals surface area contributed by atoms with Crippen molar-refractivity contribution in [1.29, 1.82) is 0 Å². The highest BCUT2D eigenvalue weighted by atomic mass is 35.5. The number of rotatable bonds is 3. The third kappa shape index (κ3) is 2.95. The predicted molar refractivity (Wildman–Crippen MR) is 86.1 cm³/mol. The lowest BCUT2D eigenvalue weighted by Gasteiger charge is -2.10. The Morgan fingerprint density at radius 1 is 0.952 bits per heavy atom. The third-order valence-corrected chi connectivity index (χ3v) is 4.02. The monoisotopic (exact) mass is 317 g/mol. The second-order valence-electron chi connectivity index (χ2n) is 4.71. The summed E-state index contributed by atoms with van der Waals surface area (Å²) in [7, 11) is 0. The van der Waals surface area contributed by atoms with Crippen LogP contribution >= 0.6 is 23.2 Å². The van der Waals surface area contributed by atoms with E-state index in [1.165, 1.54) is 0 Å². The summed E-state index contributed by atoms with van der Waals surface area (Å²) in [6.45, 7) is 0. The van der Waals surface area contributed by atoms with Gasteiger partial charge in [0.25, 0.3) is 0 Å². The fourth-order valence-electron chi connectivity index (χ4n) is 2.12. The van der Waals surface area contributed by atoms with Gasteiger partial charge in [0.2, 0.25) is 0 Å². The average molecular weight is 318 g/mol. The van der Waals surface area contributed by atoms with Gasteiger partial charge in [-0.25, -0.2) is 4.68 Å². The summed E-state index contributed by atoms with van der Waals surface area (Å²) >= 11 is 12.0. The first kappa shape index (κ1) is 14.1. The largest absolute Gasteiger partial charge is 0.320 e. The van der Waals surface area contributed by atoms with Crippen LogP contribution in [0, 0.1) is 0 Å². The van der Waals surface area contributed by atoms with E-state index in [0.29, 0.717) is 10.0 Å². The number of hydrogen-bond acceptors (Lipinski definition) is 2. The highest BCUT2D eigenvalue weighted by Crippen LogP contribution is 2.27. The number of nitrogens with two attached hydrogens (primary N) is 1. The van der Waals surface area contributed by atoms with Gasteiger partial charge in [0, 0.05) is 11.8 Å². The first-order chi connectivity index (χ1) is 10.1. The van der Waals surface area contributed by atoms with Crippen LogP contribution in [-0.2, 0) is 0 Å². The highest BCUT2D eigenvalue weighted by molar-refractivity contribution is 6.42. The number of aromatic nitrogens is 2. The fourth-order valence-corrected chi connectivity index (χ4v) is 2.42. The Morgan fingerprint density at radius 3 is 2.43 bits per heavy atom. The molecule has 0 amide bonds. The second-order valence-corrected chi connectivity index (χ2v) is 5.52. The highest BCUT2D eigenvalue weighted by Gasteiger charge is 2.13. The number of halogens is 2. The first-order valence-corrected chi connectivity index (χ1v) is 7.21.